The number of halogens is 1. The lowest BCUT2D eigenvalue weighted by Crippen LogP contribution is -2.44. The average molecular weight is 572 g/mol. The molecule has 1 fully saturated rings. The largest absolute Gasteiger partial charge is 0.478 e. The highest BCUT2D eigenvalue weighted by Crippen LogP contribution is 2.42. The number of benzene rings is 2. The van der Waals surface area contributed by atoms with Crippen molar-refractivity contribution in [3.8, 4) is 22.4 Å². The van der Waals surface area contributed by atoms with E-state index in [2.05, 4.69) is 26.0 Å². The van der Waals surface area contributed by atoms with Gasteiger partial charge in [-0.25, -0.2) is 9.18 Å². The normalized spacial score (nSPS) is 19.8. The van der Waals surface area contributed by atoms with Crippen molar-refractivity contribution in [2.75, 3.05) is 0 Å². The molecule has 1 N–H and O–H groups in total. The monoisotopic (exact) mass is 571 g/mol. The zero-order valence-electron chi connectivity index (χ0n) is 24.9. The zero-order valence-corrected chi connectivity index (χ0v) is 24.9. The molecule has 2 atom stereocenters. The van der Waals surface area contributed by atoms with Gasteiger partial charge in [0.15, 0.2) is 5.79 Å². The second kappa shape index (κ2) is 11.9. The van der Waals surface area contributed by atoms with Crippen molar-refractivity contribution in [3.63, 3.8) is 0 Å². The third-order valence-corrected chi connectivity index (χ3v) is 7.92. The van der Waals surface area contributed by atoms with Crippen LogP contribution in [0.15, 0.2) is 48.5 Å². The number of nitrogens with zero attached hydrogens (tertiary/aromatic N) is 1. The van der Waals surface area contributed by atoms with E-state index in [1.807, 2.05) is 38.1 Å². The summed E-state index contributed by atoms with van der Waals surface area (Å²) in [6.07, 6.45) is 6.81. The van der Waals surface area contributed by atoms with Crippen molar-refractivity contribution in [3.05, 3.63) is 82.3 Å². The molecule has 220 valence electrons. The predicted octanol–water partition coefficient (Wildman–Crippen LogP) is 7.77. The fourth-order valence-electron chi connectivity index (χ4n) is 6.25. The van der Waals surface area contributed by atoms with Gasteiger partial charge in [-0.05, 0) is 80.3 Å². The number of rotatable bonds is 7. The molecule has 1 aliphatic carbocycles. The van der Waals surface area contributed by atoms with E-state index in [1.165, 1.54) is 17.7 Å². The van der Waals surface area contributed by atoms with E-state index in [0.29, 0.717) is 18.4 Å². The lowest BCUT2D eigenvalue weighted by atomic mass is 9.86. The third kappa shape index (κ3) is 6.22. The maximum absolute atomic E-state index is 14.6. The Morgan fingerprint density at radius 3 is 2.62 bits per heavy atom. The highest BCUT2D eigenvalue weighted by molar-refractivity contribution is 5.92. The highest BCUT2D eigenvalue weighted by Gasteiger charge is 2.35. The second-order valence-corrected chi connectivity index (χ2v) is 12.1. The van der Waals surface area contributed by atoms with E-state index >= 15 is 0 Å². The van der Waals surface area contributed by atoms with Gasteiger partial charge in [-0.1, -0.05) is 56.3 Å². The van der Waals surface area contributed by atoms with Gasteiger partial charge in [-0.2, -0.15) is 0 Å². The van der Waals surface area contributed by atoms with Gasteiger partial charge in [0.2, 0.25) is 0 Å². The fourth-order valence-corrected chi connectivity index (χ4v) is 6.25. The molecule has 1 saturated heterocycles. The first-order valence-corrected chi connectivity index (χ1v) is 14.6. The van der Waals surface area contributed by atoms with Crippen molar-refractivity contribution in [1.82, 2.24) is 4.98 Å². The van der Waals surface area contributed by atoms with E-state index in [4.69, 9.17) is 14.5 Å². The zero-order chi connectivity index (χ0) is 30.2. The Bertz CT molecular complexity index is 1560. The summed E-state index contributed by atoms with van der Waals surface area (Å²) in [6.45, 7) is 9.42. The summed E-state index contributed by atoms with van der Waals surface area (Å²) in [5.41, 5.74) is 7.08. The van der Waals surface area contributed by atoms with Gasteiger partial charge in [-0.3, -0.25) is 9.78 Å². The molecule has 2 aromatic carbocycles. The molecule has 1 aromatic heterocycles. The van der Waals surface area contributed by atoms with E-state index in [-0.39, 0.29) is 29.5 Å². The number of aryl methyl sites for hydroxylation is 1. The van der Waals surface area contributed by atoms with Crippen LogP contribution in [0.1, 0.15) is 92.5 Å². The number of ketones is 1. The van der Waals surface area contributed by atoms with Gasteiger partial charge in [0.25, 0.3) is 0 Å². The maximum atomic E-state index is 14.6. The van der Waals surface area contributed by atoms with Crippen LogP contribution in [0.4, 0.5) is 4.39 Å². The standard InChI is InChI=1S/C35H38FNO5/c1-20(2)32-28(15-14-24-19-25(17-21(3)38)42-35(4,5)41-24)31(23-13-16-30(36)29(18-23)34(39)40)27-12-8-10-22-9-6-7-11-26(22)33(27)37-32/h6-7,9,11,13-16,18,20,24-25H,8,10,12,17,19H2,1-5H3,(H,39,40)/b15-14+/t24-,25+/m1/s1. The molecule has 7 heteroatoms. The Hall–Kier alpha value is -3.68. The van der Waals surface area contributed by atoms with Crippen molar-refractivity contribution >= 4 is 17.8 Å². The summed E-state index contributed by atoms with van der Waals surface area (Å²) >= 11 is 0. The van der Waals surface area contributed by atoms with Crippen LogP contribution in [0.3, 0.4) is 0 Å². The van der Waals surface area contributed by atoms with Crippen molar-refractivity contribution in [2.24, 2.45) is 0 Å². The molecule has 0 unspecified atom stereocenters. The predicted molar refractivity (Wildman–Crippen MR) is 161 cm³/mol. The molecule has 0 saturated carbocycles. The Labute approximate surface area is 246 Å². The van der Waals surface area contributed by atoms with Crippen LogP contribution in [-0.4, -0.2) is 39.8 Å². The number of pyridine rings is 1. The van der Waals surface area contributed by atoms with Crippen LogP contribution in [-0.2, 0) is 27.1 Å². The van der Waals surface area contributed by atoms with Gasteiger partial charge in [-0.15, -0.1) is 0 Å². The Kier molecular flexibility index (Phi) is 8.44. The molecular formula is C35H38FNO5. The van der Waals surface area contributed by atoms with Gasteiger partial charge < -0.3 is 14.6 Å². The SMILES string of the molecule is CC(=O)C[C@H]1C[C@@H](/C=C/c2c(C(C)C)nc3c(c2-c2ccc(F)c(C(=O)O)c2)CCCc2ccccc2-3)OC(C)(C)O1. The number of fused-ring (bicyclic) bond motifs is 3. The quantitative estimate of drug-likeness (QED) is 0.312. The number of ether oxygens (including phenoxy) is 2. The van der Waals surface area contributed by atoms with E-state index in [0.717, 1.165) is 52.9 Å². The van der Waals surface area contributed by atoms with Crippen LogP contribution in [0, 0.1) is 5.82 Å². The van der Waals surface area contributed by atoms with Crippen LogP contribution in [0.5, 0.6) is 0 Å². The Morgan fingerprint density at radius 2 is 1.90 bits per heavy atom. The molecule has 6 nitrogen and oxygen atoms in total. The van der Waals surface area contributed by atoms with Gasteiger partial charge in [0, 0.05) is 24.0 Å². The van der Waals surface area contributed by atoms with Crippen LogP contribution >= 0.6 is 0 Å². The van der Waals surface area contributed by atoms with Crippen LogP contribution < -0.4 is 0 Å². The Morgan fingerprint density at radius 1 is 1.14 bits per heavy atom. The first-order valence-electron chi connectivity index (χ1n) is 14.6. The van der Waals surface area contributed by atoms with E-state index < -0.39 is 17.6 Å². The summed E-state index contributed by atoms with van der Waals surface area (Å²) in [6, 6.07) is 12.6. The minimum Gasteiger partial charge on any atom is -0.478 e. The number of hydrogen-bond donors (Lipinski definition) is 1. The number of carboxylic acids is 1. The summed E-state index contributed by atoms with van der Waals surface area (Å²) in [7, 11) is 0. The lowest BCUT2D eigenvalue weighted by Gasteiger charge is -2.39. The smallest absolute Gasteiger partial charge is 0.338 e. The number of aromatic nitrogens is 1. The van der Waals surface area contributed by atoms with Crippen molar-refractivity contribution in [1.29, 1.82) is 0 Å². The molecular weight excluding hydrogens is 533 g/mol. The number of carbonyl (C=O) groups excluding carboxylic acids is 1. The molecule has 5 rings (SSSR count). The minimum atomic E-state index is -1.31. The van der Waals surface area contributed by atoms with Gasteiger partial charge in [0.1, 0.15) is 11.6 Å². The maximum Gasteiger partial charge on any atom is 0.338 e. The van der Waals surface area contributed by atoms with Gasteiger partial charge in [0.05, 0.1) is 29.2 Å². The number of carbonyl (C=O) groups is 2. The Balaban J connectivity index is 1.73. The first kappa shape index (κ1) is 29.8. The molecule has 2 aliphatic rings. The lowest BCUT2D eigenvalue weighted by molar-refractivity contribution is -0.289. The summed E-state index contributed by atoms with van der Waals surface area (Å²) < 4.78 is 26.8. The third-order valence-electron chi connectivity index (χ3n) is 7.92. The van der Waals surface area contributed by atoms with Crippen LogP contribution in [0.2, 0.25) is 0 Å². The number of hydrogen-bond acceptors (Lipinski definition) is 5. The molecule has 0 radical (unpaired) electrons. The average Bonchev–Trinajstić information content (AvgIpc) is 3.09. The molecule has 3 aromatic rings. The molecule has 42 heavy (non-hydrogen) atoms. The second-order valence-electron chi connectivity index (χ2n) is 12.1. The fraction of sp³-hybridized carbons (Fsp3) is 0.400. The first-order chi connectivity index (χ1) is 19.9. The molecule has 2 heterocycles. The van der Waals surface area contributed by atoms with Crippen LogP contribution in [0.25, 0.3) is 28.5 Å². The topological polar surface area (TPSA) is 85.7 Å². The summed E-state index contributed by atoms with van der Waals surface area (Å²) in [5.74, 6) is -2.84. The van der Waals surface area contributed by atoms with Crippen molar-refractivity contribution in [2.45, 2.75) is 90.6 Å². The molecule has 0 amide bonds. The molecule has 0 bridgehead atoms. The number of carboxylic acid groups (broad SMARTS) is 1. The van der Waals surface area contributed by atoms with Gasteiger partial charge >= 0.3 is 5.97 Å². The molecule has 0 spiro atoms. The highest BCUT2D eigenvalue weighted by atomic mass is 19.1. The molecule has 1 aliphatic heterocycles. The van der Waals surface area contributed by atoms with E-state index in [9.17, 15) is 19.1 Å². The summed E-state index contributed by atoms with van der Waals surface area (Å²) in [4.78, 5) is 29.1. The summed E-state index contributed by atoms with van der Waals surface area (Å²) in [5, 5.41) is 9.75. The van der Waals surface area contributed by atoms with E-state index in [1.54, 1.807) is 13.0 Å². The number of Topliss-reactive ketones (excluding diaryl/α,β-unsaturated/α-hetero) is 1. The van der Waals surface area contributed by atoms with Crippen molar-refractivity contribution < 1.29 is 28.6 Å². The minimum absolute atomic E-state index is 0.0426. The number of aromatic carboxylic acids is 1.